The molecule has 0 aromatic heterocycles. The van der Waals surface area contributed by atoms with Crippen LogP contribution in [0.15, 0.2) is 12.2 Å². The second kappa shape index (κ2) is 17.5. The average Bonchev–Trinajstić information content (AvgIpc) is 2.39. The summed E-state index contributed by atoms with van der Waals surface area (Å²) in [6.07, 6.45) is 23.0. The van der Waals surface area contributed by atoms with Gasteiger partial charge in [0.1, 0.15) is 0 Å². The lowest BCUT2D eigenvalue weighted by Gasteiger charge is -1.98. The monoisotopic (exact) mass is 364 g/mol. The molecule has 0 aliphatic heterocycles. The minimum atomic E-state index is 1.31. The van der Waals surface area contributed by atoms with Crippen molar-refractivity contribution in [1.29, 1.82) is 0 Å². The van der Waals surface area contributed by atoms with Crippen LogP contribution in [0.2, 0.25) is 0 Å². The average molecular weight is 364 g/mol. The standard InChI is InChI=1S/C17H33I/c1-2-3-4-5-6-7-8-9-10-11-12-13-14-15-16-17-18/h9-10H,2-8,11-17H2,1H3/b10-9-. The third-order valence-corrected chi connectivity index (χ3v) is 4.16. The van der Waals surface area contributed by atoms with E-state index in [1.54, 1.807) is 0 Å². The van der Waals surface area contributed by atoms with Crippen LogP contribution in [0.4, 0.5) is 0 Å². The van der Waals surface area contributed by atoms with Gasteiger partial charge in [-0.25, -0.2) is 0 Å². The zero-order valence-corrected chi connectivity index (χ0v) is 14.6. The summed E-state index contributed by atoms with van der Waals surface area (Å²) in [6, 6.07) is 0. The van der Waals surface area contributed by atoms with Crippen LogP contribution in [0.3, 0.4) is 0 Å². The minimum absolute atomic E-state index is 1.31. The van der Waals surface area contributed by atoms with E-state index in [1.807, 2.05) is 0 Å². The lowest BCUT2D eigenvalue weighted by Crippen LogP contribution is -1.79. The van der Waals surface area contributed by atoms with Gasteiger partial charge in [-0.15, -0.1) is 0 Å². The fourth-order valence-electron chi connectivity index (χ4n) is 2.17. The van der Waals surface area contributed by atoms with Crippen LogP contribution in [0.25, 0.3) is 0 Å². The van der Waals surface area contributed by atoms with E-state index in [0.717, 1.165) is 0 Å². The summed E-state index contributed by atoms with van der Waals surface area (Å²) in [7, 11) is 0. The van der Waals surface area contributed by atoms with Gasteiger partial charge in [0.2, 0.25) is 0 Å². The normalized spacial score (nSPS) is 11.4. The number of hydrogen-bond donors (Lipinski definition) is 0. The molecule has 0 fully saturated rings. The molecule has 0 spiro atoms. The lowest BCUT2D eigenvalue weighted by molar-refractivity contribution is 0.610. The Labute approximate surface area is 129 Å². The Morgan fingerprint density at radius 3 is 1.56 bits per heavy atom. The first kappa shape index (κ1) is 18.5. The Morgan fingerprint density at radius 2 is 1.06 bits per heavy atom. The van der Waals surface area contributed by atoms with Gasteiger partial charge in [-0.1, -0.05) is 93.0 Å². The fraction of sp³-hybridized carbons (Fsp3) is 0.882. The Balaban J connectivity index is 3.00. The van der Waals surface area contributed by atoms with Crippen LogP contribution < -0.4 is 0 Å². The van der Waals surface area contributed by atoms with E-state index in [4.69, 9.17) is 0 Å². The highest BCUT2D eigenvalue weighted by Crippen LogP contribution is 2.09. The number of hydrogen-bond acceptors (Lipinski definition) is 0. The van der Waals surface area contributed by atoms with Crippen molar-refractivity contribution in [2.24, 2.45) is 0 Å². The lowest BCUT2D eigenvalue weighted by atomic mass is 10.1. The van der Waals surface area contributed by atoms with Crippen LogP contribution in [-0.4, -0.2) is 4.43 Å². The SMILES string of the molecule is CCCCCCCC/C=C\CCCCCCCI. The van der Waals surface area contributed by atoms with Crippen molar-refractivity contribution >= 4 is 22.6 Å². The molecule has 18 heavy (non-hydrogen) atoms. The smallest absolute Gasteiger partial charge is 0.000473 e. The Hall–Kier alpha value is 0.470. The van der Waals surface area contributed by atoms with Crippen LogP contribution in [0.1, 0.15) is 90.4 Å². The van der Waals surface area contributed by atoms with E-state index in [1.165, 1.54) is 87.9 Å². The van der Waals surface area contributed by atoms with Gasteiger partial charge < -0.3 is 0 Å². The van der Waals surface area contributed by atoms with Gasteiger partial charge in [0.15, 0.2) is 0 Å². The van der Waals surface area contributed by atoms with Gasteiger partial charge >= 0.3 is 0 Å². The van der Waals surface area contributed by atoms with Crippen LogP contribution >= 0.6 is 22.6 Å². The maximum atomic E-state index is 2.47. The predicted molar refractivity (Wildman–Crippen MR) is 93.7 cm³/mol. The molecule has 0 aromatic carbocycles. The third-order valence-electron chi connectivity index (χ3n) is 3.40. The Kier molecular flexibility index (Phi) is 17.9. The van der Waals surface area contributed by atoms with Crippen LogP contribution in [0.5, 0.6) is 0 Å². The van der Waals surface area contributed by atoms with Gasteiger partial charge in [0.25, 0.3) is 0 Å². The van der Waals surface area contributed by atoms with Crippen molar-refractivity contribution in [2.75, 3.05) is 4.43 Å². The number of rotatable bonds is 14. The maximum absolute atomic E-state index is 2.47. The first-order valence-corrected chi connectivity index (χ1v) is 9.65. The van der Waals surface area contributed by atoms with Gasteiger partial charge in [0, 0.05) is 0 Å². The van der Waals surface area contributed by atoms with Crippen molar-refractivity contribution in [1.82, 2.24) is 0 Å². The largest absolute Gasteiger partial charge is 0.0885 e. The molecule has 0 atom stereocenters. The van der Waals surface area contributed by atoms with Gasteiger partial charge in [-0.3, -0.25) is 0 Å². The highest BCUT2D eigenvalue weighted by Gasteiger charge is 1.89. The topological polar surface area (TPSA) is 0 Å². The Morgan fingerprint density at radius 1 is 0.611 bits per heavy atom. The van der Waals surface area contributed by atoms with Gasteiger partial charge in [0.05, 0.1) is 0 Å². The first-order valence-electron chi connectivity index (χ1n) is 8.12. The Bertz CT molecular complexity index is 145. The highest BCUT2D eigenvalue weighted by molar-refractivity contribution is 14.1. The molecule has 0 unspecified atom stereocenters. The molecule has 108 valence electrons. The summed E-state index contributed by atoms with van der Waals surface area (Å²) in [5, 5.41) is 0. The summed E-state index contributed by atoms with van der Waals surface area (Å²) < 4.78 is 1.33. The summed E-state index contributed by atoms with van der Waals surface area (Å²) in [6.45, 7) is 2.28. The number of unbranched alkanes of at least 4 members (excludes halogenated alkanes) is 11. The molecular weight excluding hydrogens is 331 g/mol. The molecule has 0 rings (SSSR count). The molecule has 1 heteroatoms. The van der Waals surface area contributed by atoms with E-state index in [9.17, 15) is 0 Å². The molecule has 0 aliphatic rings. The number of allylic oxidation sites excluding steroid dienone is 2. The van der Waals surface area contributed by atoms with E-state index in [2.05, 4.69) is 41.7 Å². The molecule has 0 saturated carbocycles. The summed E-state index contributed by atoms with van der Waals surface area (Å²) >= 11 is 2.47. The van der Waals surface area contributed by atoms with Gasteiger partial charge in [-0.05, 0) is 36.5 Å². The van der Waals surface area contributed by atoms with Crippen molar-refractivity contribution in [2.45, 2.75) is 90.4 Å². The van der Waals surface area contributed by atoms with Crippen molar-refractivity contribution in [3.63, 3.8) is 0 Å². The molecule has 0 aromatic rings. The quantitative estimate of drug-likeness (QED) is 0.134. The van der Waals surface area contributed by atoms with Crippen molar-refractivity contribution in [3.8, 4) is 0 Å². The zero-order chi connectivity index (χ0) is 13.3. The second-order valence-electron chi connectivity index (χ2n) is 5.27. The summed E-state index contributed by atoms with van der Waals surface area (Å²) in [5.41, 5.74) is 0. The van der Waals surface area contributed by atoms with E-state index < -0.39 is 0 Å². The van der Waals surface area contributed by atoms with E-state index in [0.29, 0.717) is 0 Å². The predicted octanol–water partition coefficient (Wildman–Crippen LogP) is 7.07. The molecule has 0 N–H and O–H groups in total. The number of alkyl halides is 1. The van der Waals surface area contributed by atoms with E-state index >= 15 is 0 Å². The summed E-state index contributed by atoms with van der Waals surface area (Å²) in [4.78, 5) is 0. The molecular formula is C17H33I. The van der Waals surface area contributed by atoms with Gasteiger partial charge in [-0.2, -0.15) is 0 Å². The fourth-order valence-corrected chi connectivity index (χ4v) is 2.70. The molecule has 0 heterocycles. The number of halogens is 1. The molecule has 0 amide bonds. The summed E-state index contributed by atoms with van der Waals surface area (Å²) in [5.74, 6) is 0. The van der Waals surface area contributed by atoms with Crippen LogP contribution in [-0.2, 0) is 0 Å². The zero-order valence-electron chi connectivity index (χ0n) is 12.4. The molecule has 0 aliphatic carbocycles. The highest BCUT2D eigenvalue weighted by atomic mass is 127. The van der Waals surface area contributed by atoms with Crippen LogP contribution in [0, 0.1) is 0 Å². The third kappa shape index (κ3) is 16.5. The van der Waals surface area contributed by atoms with Crippen molar-refractivity contribution < 1.29 is 0 Å². The maximum Gasteiger partial charge on any atom is -0.000473 e. The molecule has 0 bridgehead atoms. The second-order valence-corrected chi connectivity index (χ2v) is 6.35. The minimum Gasteiger partial charge on any atom is -0.0885 e. The van der Waals surface area contributed by atoms with E-state index in [-0.39, 0.29) is 0 Å². The molecule has 0 radical (unpaired) electrons. The molecule has 0 saturated heterocycles. The molecule has 0 nitrogen and oxygen atoms in total. The first-order chi connectivity index (χ1) is 8.91. The van der Waals surface area contributed by atoms with Crippen molar-refractivity contribution in [3.05, 3.63) is 12.2 Å².